The third-order valence-electron chi connectivity index (χ3n) is 18.4. The molecule has 0 spiro atoms. The average Bonchev–Trinajstić information content (AvgIpc) is 1.69. The van der Waals surface area contributed by atoms with Crippen molar-refractivity contribution < 1.29 is 117 Å². The molecular formula is C60H153Li2N5O17Si10. The van der Waals surface area contributed by atoms with E-state index in [0.29, 0.717) is 12.5 Å². The van der Waals surface area contributed by atoms with E-state index in [-0.39, 0.29) is 77.5 Å². The second kappa shape index (κ2) is 60.7. The number of hydrogen-bond donors (Lipinski definition) is 7. The van der Waals surface area contributed by atoms with E-state index >= 15 is 0 Å². The van der Waals surface area contributed by atoms with Gasteiger partial charge in [0.2, 0.25) is 0 Å². The number of rotatable bonds is 49. The van der Waals surface area contributed by atoms with Gasteiger partial charge in [-0.05, 0) is 153 Å². The molecule has 2 aliphatic rings. The van der Waals surface area contributed by atoms with Crippen molar-refractivity contribution >= 4 is 83.7 Å². The Labute approximate surface area is 613 Å². The van der Waals surface area contributed by atoms with Gasteiger partial charge in [0.15, 0.2) is 16.6 Å². The Morgan fingerprint density at radius 3 is 1.03 bits per heavy atom. The van der Waals surface area contributed by atoms with E-state index in [1.807, 2.05) is 20.8 Å². The molecule has 0 bridgehead atoms. The predicted octanol–water partition coefficient (Wildman–Crippen LogP) is 4.25. The first-order valence-corrected chi connectivity index (χ1v) is 61.2. The van der Waals surface area contributed by atoms with Gasteiger partial charge in [-0.1, -0.05) is 91.4 Å². The molecule has 34 heteroatoms. The quantitative estimate of drug-likeness (QED) is 0.0331. The number of aliphatic hydroxyl groups is 6. The van der Waals surface area contributed by atoms with Gasteiger partial charge in [0.1, 0.15) is 8.07 Å². The maximum atomic E-state index is 9.61. The summed E-state index contributed by atoms with van der Waals surface area (Å²) in [6.07, 6.45) is 12.4. The van der Waals surface area contributed by atoms with E-state index in [2.05, 4.69) is 90.6 Å². The molecule has 2 atom stereocenters. The van der Waals surface area contributed by atoms with Gasteiger partial charge < -0.3 is 104 Å². The summed E-state index contributed by atoms with van der Waals surface area (Å²) < 4.78 is 65.1. The van der Waals surface area contributed by atoms with E-state index in [0.717, 1.165) is 153 Å². The second-order valence-corrected chi connectivity index (χ2v) is 69.5. The van der Waals surface area contributed by atoms with Gasteiger partial charge in [-0.3, -0.25) is 0 Å². The SMILES string of the molecule is C.C.CO[Si](C)(C)CCCNCCC[Si](C)(C)CO.CO[Si](C)(C)CCC[N-]CCC[Si](C)(C)CO.CO[Si](C)(CCCN1CCC[Si]1(CO)OC)OC.CO[Si](C)(CCC[N-]CCC[Si](C)(CO)CO)OC.CO[Si](CCCN1CCC[Si]1(CO)OC)(OC)OC.[Li+].[Li+]. The van der Waals surface area contributed by atoms with Gasteiger partial charge in [-0.2, -0.15) is 0 Å². The Morgan fingerprint density at radius 1 is 0.383 bits per heavy atom. The van der Waals surface area contributed by atoms with Crippen LogP contribution in [-0.2, 0) is 48.7 Å². The molecule has 2 saturated heterocycles. The van der Waals surface area contributed by atoms with Crippen molar-refractivity contribution in [3.05, 3.63) is 10.6 Å². The molecule has 22 nitrogen and oxygen atoms in total. The molecule has 0 aromatic heterocycles. The van der Waals surface area contributed by atoms with Crippen LogP contribution in [0.1, 0.15) is 79.1 Å². The normalized spacial score (nSPS) is 17.4. The van der Waals surface area contributed by atoms with Crippen LogP contribution in [-0.4, -0.2) is 305 Å². The van der Waals surface area contributed by atoms with Crippen LogP contribution >= 0.6 is 0 Å². The molecule has 0 radical (unpaired) electrons. The van der Waals surface area contributed by atoms with Crippen molar-refractivity contribution in [3.8, 4) is 0 Å². The van der Waals surface area contributed by atoms with Crippen LogP contribution in [0.15, 0.2) is 0 Å². The minimum absolute atomic E-state index is 0. The van der Waals surface area contributed by atoms with E-state index in [1.165, 1.54) is 37.0 Å². The van der Waals surface area contributed by atoms with Gasteiger partial charge in [0, 0.05) is 109 Å². The number of aliphatic hydroxyl groups excluding tert-OH is 6. The molecule has 2 fully saturated rings. The van der Waals surface area contributed by atoms with Crippen LogP contribution in [0, 0.1) is 0 Å². The molecule has 0 aromatic rings. The first-order valence-electron chi connectivity index (χ1n) is 33.5. The van der Waals surface area contributed by atoms with Crippen molar-refractivity contribution in [2.24, 2.45) is 0 Å². The second-order valence-electron chi connectivity index (χ2n) is 27.8. The van der Waals surface area contributed by atoms with Gasteiger partial charge >= 0.3 is 63.6 Å². The molecule has 2 unspecified atom stereocenters. The van der Waals surface area contributed by atoms with E-state index in [9.17, 15) is 30.6 Å². The fourth-order valence-corrected chi connectivity index (χ4v) is 27.4. The zero-order chi connectivity index (χ0) is 69.5. The van der Waals surface area contributed by atoms with Crippen molar-refractivity contribution in [2.45, 2.75) is 212 Å². The molecule has 7 N–H and O–H groups in total. The zero-order valence-electron chi connectivity index (χ0n) is 63.9. The van der Waals surface area contributed by atoms with E-state index < -0.39 is 83.7 Å². The maximum absolute atomic E-state index is 9.61. The molecule has 2 heterocycles. The molecular weight excluding hydrogens is 1360 g/mol. The number of nitrogens with one attached hydrogen (secondary N) is 1. The van der Waals surface area contributed by atoms with E-state index in [4.69, 9.17) is 48.7 Å². The third kappa shape index (κ3) is 49.2. The number of nitrogens with zero attached hydrogens (tertiary/aromatic N) is 4. The van der Waals surface area contributed by atoms with Crippen LogP contribution < -0.4 is 43.0 Å². The van der Waals surface area contributed by atoms with Gasteiger partial charge in [0.05, 0.1) is 28.6 Å². The first kappa shape index (κ1) is 110. The van der Waals surface area contributed by atoms with Gasteiger partial charge in [-0.15, -0.1) is 26.2 Å². The minimum atomic E-state index is -2.47. The van der Waals surface area contributed by atoms with Crippen molar-refractivity contribution in [1.29, 1.82) is 0 Å². The standard InChI is InChI=1S/C12H30NO4Si2.C12H31NO2Si2.C12H30NO2Si2.C11H27NO5Si2.C11H27NO4Si2.2CH4.2Li/c1-16-19(4,17-2)10-6-8-13-7-5-9-18(3,11-14)12-15;2*1-15-17(4,5)11-7-9-13-8-6-10-16(2,3)12-14;1-14-18(11-13)9-5-7-12(18)8-6-10-19(15-2,16-3)17-4;1-14-17(4,15-2)9-5-7-12-8-6-10-18(12,11-13)16-3;;;;/h14-15H,5-12H2,1-4H3;13-14H,6-12H2,1-5H3;14H,6-12H2,1-5H3;13H,5-11H2,1-4H3;13H,5-11H2,1-4H3;2*1H4;;/q-1;;-1;;;;;2*+1. The van der Waals surface area contributed by atoms with Crippen LogP contribution in [0.4, 0.5) is 0 Å². The summed E-state index contributed by atoms with van der Waals surface area (Å²) in [7, 11) is 1.42. The predicted molar refractivity (Wildman–Crippen MR) is 412 cm³/mol. The van der Waals surface area contributed by atoms with Crippen LogP contribution in [0.3, 0.4) is 0 Å². The van der Waals surface area contributed by atoms with Crippen molar-refractivity contribution in [1.82, 2.24) is 14.4 Å². The molecule has 0 aliphatic carbocycles. The molecule has 2 rings (SSSR count). The molecule has 94 heavy (non-hydrogen) atoms. The van der Waals surface area contributed by atoms with Crippen LogP contribution in [0.2, 0.25) is 132 Å². The summed E-state index contributed by atoms with van der Waals surface area (Å²) in [5.74, 6) is 0. The Morgan fingerprint density at radius 2 is 0.702 bits per heavy atom. The van der Waals surface area contributed by atoms with Gasteiger partial charge in [0.25, 0.3) is 17.0 Å². The maximum Gasteiger partial charge on any atom is 1.00 e. The molecule has 0 amide bonds. The summed E-state index contributed by atoms with van der Waals surface area (Å²) in [6.45, 7) is 33.9. The molecule has 2 aliphatic heterocycles. The topological polar surface area (TPSA) is 270 Å². The van der Waals surface area contributed by atoms with Crippen LogP contribution in [0.5, 0.6) is 0 Å². The Bertz CT molecular complexity index is 1570. The Hall–Kier alpha value is 2.48. The van der Waals surface area contributed by atoms with Crippen molar-refractivity contribution in [3.63, 3.8) is 0 Å². The minimum Gasteiger partial charge on any atom is -0.662 e. The largest absolute Gasteiger partial charge is 1.00 e. The smallest absolute Gasteiger partial charge is 0.662 e. The molecule has 0 saturated carbocycles. The summed E-state index contributed by atoms with van der Waals surface area (Å²) in [5.41, 5.74) is 0. The Balaban J connectivity index is -0.000000199. The van der Waals surface area contributed by atoms with Gasteiger partial charge in [-0.25, -0.2) is 0 Å². The van der Waals surface area contributed by atoms with Crippen molar-refractivity contribution in [2.75, 3.05) is 181 Å². The fourth-order valence-electron chi connectivity index (χ4n) is 10.3. The zero-order valence-corrected chi connectivity index (χ0v) is 73.9. The van der Waals surface area contributed by atoms with Crippen LogP contribution in [0.25, 0.3) is 10.6 Å². The van der Waals surface area contributed by atoms with E-state index in [1.54, 1.807) is 64.0 Å². The summed E-state index contributed by atoms with van der Waals surface area (Å²) in [5, 5.41) is 68.5. The summed E-state index contributed by atoms with van der Waals surface area (Å²) >= 11 is 0. The first-order chi connectivity index (χ1) is 42.3. The summed E-state index contributed by atoms with van der Waals surface area (Å²) in [4.78, 5) is 0. The Kier molecular flexibility index (Phi) is 71.0. The molecule has 0 aromatic carbocycles. The summed E-state index contributed by atoms with van der Waals surface area (Å²) in [6, 6.07) is 10.6. The third-order valence-corrected chi connectivity index (χ3v) is 48.7. The number of hydrogen-bond acceptors (Lipinski definition) is 20. The fraction of sp³-hybridized carbons (Fsp3) is 1.00. The monoisotopic (exact) mass is 1510 g/mol. The molecule has 562 valence electrons. The average molecular weight is 1510 g/mol.